The molecule has 0 amide bonds. The number of hydrogen-bond donors (Lipinski definition) is 2. The van der Waals surface area contributed by atoms with Crippen molar-refractivity contribution in [3.8, 4) is 21.9 Å². The third kappa shape index (κ3) is 7.80. The Labute approximate surface area is 299 Å². The highest BCUT2D eigenvalue weighted by Gasteiger charge is 2.28. The van der Waals surface area contributed by atoms with Gasteiger partial charge in [0.05, 0.1) is 34.5 Å². The summed E-state index contributed by atoms with van der Waals surface area (Å²) in [6, 6.07) is 25.9. The first-order valence-corrected chi connectivity index (χ1v) is 20.5. The quantitative estimate of drug-likeness (QED) is 0.0908. The average molecular weight is 747 g/mol. The molecule has 0 radical (unpaired) electrons. The largest absolute Gasteiger partial charge is 0.439 e. The zero-order valence-electron chi connectivity index (χ0n) is 27.7. The van der Waals surface area contributed by atoms with Crippen molar-refractivity contribution >= 4 is 65.3 Å². The molecule has 0 unspecified atom stereocenters. The Bertz CT molecular complexity index is 2510. The SMILES string of the molecule is CCC(/C=C1\Oc2ccc(-c3cccs3)cc2N1CCCS(=O)(=O)O)=C\c1oc2ccc(-n3ccc4ccccc43)cc2[n+]1CCCS(=O)(=O)O. The lowest BCUT2D eigenvalue weighted by molar-refractivity contribution is -0.677. The zero-order valence-corrected chi connectivity index (χ0v) is 30.1. The number of para-hydroxylation sites is 1. The predicted molar refractivity (Wildman–Crippen MR) is 199 cm³/mol. The first-order valence-electron chi connectivity index (χ1n) is 16.4. The Hall–Kier alpha value is -4.73. The Morgan fingerprint density at radius 1 is 0.922 bits per heavy atom. The number of benzene rings is 3. The van der Waals surface area contributed by atoms with Crippen LogP contribution >= 0.6 is 11.3 Å². The van der Waals surface area contributed by atoms with Gasteiger partial charge in [-0.1, -0.05) is 31.2 Å². The van der Waals surface area contributed by atoms with Crippen molar-refractivity contribution in [2.45, 2.75) is 32.7 Å². The van der Waals surface area contributed by atoms with E-state index < -0.39 is 31.7 Å². The van der Waals surface area contributed by atoms with Gasteiger partial charge in [-0.25, -0.2) is 0 Å². The van der Waals surface area contributed by atoms with Crippen LogP contribution in [0.3, 0.4) is 0 Å². The lowest BCUT2D eigenvalue weighted by Crippen LogP contribution is -2.36. The standard InChI is InChI=1S/C37H35N3O8S3/c1-2-26(22-36-39(16-6-20-50(41,42)43)31-24-28(11-13-33(31)47-36)35-10-5-19-49-35)23-37-40(17-7-21-51(44,45)46)32-25-29(12-14-34(32)48-37)38-18-15-27-8-3-4-9-30(27)38/h3-5,8-15,18-19,22-25H,2,6-7,16-17,20-21H2,1H3,(H-,41,42,43,44,45,46)/p+1. The molecule has 3 aromatic carbocycles. The monoisotopic (exact) mass is 746 g/mol. The smallest absolute Gasteiger partial charge is 0.374 e. The average Bonchev–Trinajstić information content (AvgIpc) is 3.89. The van der Waals surface area contributed by atoms with Gasteiger partial charge in [0.1, 0.15) is 0 Å². The number of thiophene rings is 1. The van der Waals surface area contributed by atoms with E-state index in [-0.39, 0.29) is 25.9 Å². The minimum atomic E-state index is -4.17. The number of allylic oxidation sites excluding steroid dienone is 2. The number of aryl methyl sites for hydroxylation is 1. The number of hydrogen-bond acceptors (Lipinski definition) is 8. The maximum atomic E-state index is 11.6. The van der Waals surface area contributed by atoms with E-state index >= 15 is 0 Å². The maximum absolute atomic E-state index is 11.6. The van der Waals surface area contributed by atoms with E-state index in [2.05, 4.69) is 4.57 Å². The Morgan fingerprint density at radius 2 is 1.73 bits per heavy atom. The molecular formula is C37H36N3O8S3+. The molecule has 3 aromatic heterocycles. The highest BCUT2D eigenvalue weighted by atomic mass is 32.2. The van der Waals surface area contributed by atoms with Gasteiger partial charge in [-0.15, -0.1) is 11.3 Å². The van der Waals surface area contributed by atoms with Crippen molar-refractivity contribution < 1.29 is 39.7 Å². The van der Waals surface area contributed by atoms with Crippen LogP contribution in [-0.2, 0) is 26.8 Å². The molecule has 0 atom stereocenters. The lowest BCUT2D eigenvalue weighted by Gasteiger charge is -2.18. The molecular weight excluding hydrogens is 711 g/mol. The first-order chi connectivity index (χ1) is 24.5. The van der Waals surface area contributed by atoms with Crippen molar-refractivity contribution in [1.82, 2.24) is 4.57 Å². The summed E-state index contributed by atoms with van der Waals surface area (Å²) in [7, 11) is -8.32. The van der Waals surface area contributed by atoms with Gasteiger partial charge in [-0.05, 0) is 83.3 Å². The van der Waals surface area contributed by atoms with Crippen LogP contribution in [0.1, 0.15) is 32.1 Å². The van der Waals surface area contributed by atoms with E-state index in [1.165, 1.54) is 0 Å². The maximum Gasteiger partial charge on any atom is 0.374 e. The summed E-state index contributed by atoms with van der Waals surface area (Å²) in [5.74, 6) is 0.805. The molecule has 1 aliphatic rings. The van der Waals surface area contributed by atoms with Gasteiger partial charge < -0.3 is 18.6 Å². The molecule has 6 aromatic rings. The van der Waals surface area contributed by atoms with Crippen LogP contribution in [-0.4, -0.2) is 48.6 Å². The van der Waals surface area contributed by atoms with E-state index in [1.807, 2.05) is 119 Å². The summed E-state index contributed by atoms with van der Waals surface area (Å²) in [5.41, 5.74) is 5.92. The van der Waals surface area contributed by atoms with E-state index in [1.54, 1.807) is 11.3 Å². The van der Waals surface area contributed by atoms with Gasteiger partial charge in [0.2, 0.25) is 11.5 Å². The lowest BCUT2D eigenvalue weighted by atomic mass is 10.1. The van der Waals surface area contributed by atoms with Crippen molar-refractivity contribution in [2.24, 2.45) is 0 Å². The summed E-state index contributed by atoms with van der Waals surface area (Å²) >= 11 is 1.61. The molecule has 11 nitrogen and oxygen atoms in total. The van der Waals surface area contributed by atoms with Gasteiger partial charge in [0.15, 0.2) is 12.3 Å². The number of aromatic nitrogens is 2. The molecule has 0 bridgehead atoms. The molecule has 0 saturated carbocycles. The number of oxazole rings is 1. The highest BCUT2D eigenvalue weighted by molar-refractivity contribution is 7.86. The molecule has 51 heavy (non-hydrogen) atoms. The fraction of sp³-hybridized carbons (Fsp3) is 0.216. The Kier molecular flexibility index (Phi) is 9.61. The topological polar surface area (TPSA) is 143 Å². The third-order valence-corrected chi connectivity index (χ3v) is 11.2. The normalized spacial score (nSPS) is 14.5. The van der Waals surface area contributed by atoms with Crippen molar-refractivity contribution in [1.29, 1.82) is 0 Å². The van der Waals surface area contributed by atoms with Crippen molar-refractivity contribution in [2.75, 3.05) is 23.0 Å². The Morgan fingerprint density at radius 3 is 2.49 bits per heavy atom. The number of ether oxygens (including phenoxy) is 1. The summed E-state index contributed by atoms with van der Waals surface area (Å²) < 4.78 is 82.0. The van der Waals surface area contributed by atoms with Gasteiger partial charge in [0, 0.05) is 36.2 Å². The summed E-state index contributed by atoms with van der Waals surface area (Å²) in [6.45, 7) is 2.53. The zero-order chi connectivity index (χ0) is 35.8. The third-order valence-electron chi connectivity index (χ3n) is 8.72. The number of rotatable bonds is 13. The van der Waals surface area contributed by atoms with Gasteiger partial charge in [0.25, 0.3) is 25.8 Å². The number of nitrogens with zero attached hydrogens (tertiary/aromatic N) is 3. The van der Waals surface area contributed by atoms with Gasteiger partial charge in [-0.2, -0.15) is 21.4 Å². The molecule has 14 heteroatoms. The van der Waals surface area contributed by atoms with Gasteiger partial charge in [-0.3, -0.25) is 9.11 Å². The summed E-state index contributed by atoms with van der Waals surface area (Å²) in [4.78, 5) is 2.99. The highest BCUT2D eigenvalue weighted by Crippen LogP contribution is 2.43. The second-order valence-electron chi connectivity index (χ2n) is 12.2. The fourth-order valence-corrected chi connectivity index (χ4v) is 8.01. The minimum Gasteiger partial charge on any atom is -0.439 e. The van der Waals surface area contributed by atoms with Crippen LogP contribution in [0.5, 0.6) is 5.75 Å². The minimum absolute atomic E-state index is 0.157. The van der Waals surface area contributed by atoms with Crippen molar-refractivity contribution in [3.05, 3.63) is 114 Å². The number of fused-ring (bicyclic) bond motifs is 3. The molecule has 1 aliphatic heterocycles. The summed E-state index contributed by atoms with van der Waals surface area (Å²) in [6.07, 6.45) is 6.66. The van der Waals surface area contributed by atoms with E-state index in [0.29, 0.717) is 29.5 Å². The van der Waals surface area contributed by atoms with Crippen LogP contribution in [0.4, 0.5) is 5.69 Å². The molecule has 0 fully saturated rings. The molecule has 0 spiro atoms. The van der Waals surface area contributed by atoms with E-state index in [4.69, 9.17) is 9.15 Å². The van der Waals surface area contributed by atoms with Crippen LogP contribution in [0.2, 0.25) is 0 Å². The second-order valence-corrected chi connectivity index (χ2v) is 16.3. The van der Waals surface area contributed by atoms with Crippen molar-refractivity contribution in [3.63, 3.8) is 0 Å². The van der Waals surface area contributed by atoms with Crippen LogP contribution < -0.4 is 14.2 Å². The van der Waals surface area contributed by atoms with Crippen LogP contribution in [0, 0.1) is 0 Å². The van der Waals surface area contributed by atoms with Crippen LogP contribution in [0.15, 0.2) is 112 Å². The van der Waals surface area contributed by atoms with E-state index in [9.17, 15) is 25.9 Å². The molecule has 0 aliphatic carbocycles. The number of anilines is 1. The first kappa shape index (κ1) is 34.7. The Balaban J connectivity index is 1.28. The second kappa shape index (κ2) is 14.1. The molecule has 264 valence electrons. The fourth-order valence-electron chi connectivity index (χ4n) is 6.29. The van der Waals surface area contributed by atoms with E-state index in [0.717, 1.165) is 43.8 Å². The molecule has 7 rings (SSSR count). The van der Waals surface area contributed by atoms with Gasteiger partial charge >= 0.3 is 5.89 Å². The van der Waals surface area contributed by atoms with Crippen LogP contribution in [0.25, 0.3) is 44.2 Å². The predicted octanol–water partition coefficient (Wildman–Crippen LogP) is 7.48. The summed E-state index contributed by atoms with van der Waals surface area (Å²) in [5, 5.41) is 3.10. The molecule has 0 saturated heterocycles. The molecule has 2 N–H and O–H groups in total. The molecule has 4 heterocycles.